The quantitative estimate of drug-likeness (QED) is 0.885. The molecule has 1 aromatic heterocycles. The number of benzene rings is 1. The molecule has 96 valence electrons. The highest BCUT2D eigenvalue weighted by Gasteiger charge is 2.18. The van der Waals surface area contributed by atoms with Crippen LogP contribution in [-0.4, -0.2) is 27.8 Å². The molecule has 1 N–H and O–H groups in total. The van der Waals surface area contributed by atoms with Gasteiger partial charge in [-0.1, -0.05) is 0 Å². The maximum absolute atomic E-state index is 11.2. The van der Waals surface area contributed by atoms with E-state index in [-0.39, 0.29) is 12.4 Å². The van der Waals surface area contributed by atoms with Gasteiger partial charge in [0, 0.05) is 11.8 Å². The van der Waals surface area contributed by atoms with E-state index < -0.39 is 5.97 Å². The number of carboxylic acids is 1. The van der Waals surface area contributed by atoms with Gasteiger partial charge in [-0.2, -0.15) is 0 Å². The van der Waals surface area contributed by atoms with Crippen LogP contribution >= 0.6 is 0 Å². The zero-order valence-corrected chi connectivity index (χ0v) is 10.1. The van der Waals surface area contributed by atoms with Gasteiger partial charge in [-0.15, -0.1) is 0 Å². The van der Waals surface area contributed by atoms with Gasteiger partial charge < -0.3 is 14.6 Å². The Bertz CT molecular complexity index is 670. The number of fused-ring (bicyclic) bond motifs is 1. The van der Waals surface area contributed by atoms with Crippen molar-refractivity contribution in [3.63, 3.8) is 0 Å². The van der Waals surface area contributed by atoms with Crippen LogP contribution in [0.4, 0.5) is 0 Å². The predicted octanol–water partition coefficient (Wildman–Crippen LogP) is 1.88. The molecule has 0 aliphatic carbocycles. The summed E-state index contributed by atoms with van der Waals surface area (Å²) in [7, 11) is 0. The molecule has 0 amide bonds. The molecule has 19 heavy (non-hydrogen) atoms. The first-order valence-corrected chi connectivity index (χ1v) is 5.62. The monoisotopic (exact) mass is 258 g/mol. The lowest BCUT2D eigenvalue weighted by Gasteiger charge is -2.06. The molecule has 6 heteroatoms. The van der Waals surface area contributed by atoms with Crippen molar-refractivity contribution in [3.8, 4) is 22.8 Å². The average Bonchev–Trinajstić information content (AvgIpc) is 2.85. The zero-order chi connectivity index (χ0) is 13.4. The van der Waals surface area contributed by atoms with Crippen molar-refractivity contribution in [2.24, 2.45) is 0 Å². The molecule has 0 unspecified atom stereocenters. The minimum atomic E-state index is -1.06. The van der Waals surface area contributed by atoms with Gasteiger partial charge in [-0.25, -0.2) is 14.8 Å². The molecule has 0 spiro atoms. The SMILES string of the molecule is Cc1ncc(C(=O)O)c(-c2ccc3c(c2)OCO3)n1. The van der Waals surface area contributed by atoms with Crippen LogP contribution < -0.4 is 9.47 Å². The van der Waals surface area contributed by atoms with E-state index in [9.17, 15) is 9.90 Å². The first-order chi connectivity index (χ1) is 9.15. The van der Waals surface area contributed by atoms with Gasteiger partial charge in [0.15, 0.2) is 11.5 Å². The normalized spacial score (nSPS) is 12.5. The summed E-state index contributed by atoms with van der Waals surface area (Å²) in [4.78, 5) is 19.3. The van der Waals surface area contributed by atoms with Crippen molar-refractivity contribution >= 4 is 5.97 Å². The number of aryl methyl sites for hydroxylation is 1. The molecular formula is C13H10N2O4. The van der Waals surface area contributed by atoms with Gasteiger partial charge in [-0.3, -0.25) is 0 Å². The second-order valence-corrected chi connectivity index (χ2v) is 4.05. The fraction of sp³-hybridized carbons (Fsp3) is 0.154. The lowest BCUT2D eigenvalue weighted by molar-refractivity contribution is 0.0697. The van der Waals surface area contributed by atoms with Crippen molar-refractivity contribution in [3.05, 3.63) is 35.8 Å². The summed E-state index contributed by atoms with van der Waals surface area (Å²) in [5, 5.41) is 9.18. The van der Waals surface area contributed by atoms with Crippen LogP contribution in [-0.2, 0) is 0 Å². The zero-order valence-electron chi connectivity index (χ0n) is 10.1. The molecule has 0 saturated heterocycles. The Balaban J connectivity index is 2.16. The highest BCUT2D eigenvalue weighted by molar-refractivity contribution is 5.94. The van der Waals surface area contributed by atoms with Crippen LogP contribution in [0.25, 0.3) is 11.3 Å². The maximum Gasteiger partial charge on any atom is 0.339 e. The topological polar surface area (TPSA) is 81.5 Å². The molecule has 0 atom stereocenters. The third kappa shape index (κ3) is 1.97. The number of aromatic carboxylic acids is 1. The molecule has 0 radical (unpaired) electrons. The van der Waals surface area contributed by atoms with Crippen molar-refractivity contribution < 1.29 is 19.4 Å². The second-order valence-electron chi connectivity index (χ2n) is 4.05. The third-order valence-electron chi connectivity index (χ3n) is 2.79. The van der Waals surface area contributed by atoms with E-state index in [4.69, 9.17) is 9.47 Å². The summed E-state index contributed by atoms with van der Waals surface area (Å²) in [6.07, 6.45) is 1.31. The standard InChI is InChI=1S/C13H10N2O4/c1-7-14-5-9(13(16)17)12(15-7)8-2-3-10-11(4-8)19-6-18-10/h2-5H,6H2,1H3,(H,16,17). The van der Waals surface area contributed by atoms with Crippen molar-refractivity contribution in [2.45, 2.75) is 6.92 Å². The Labute approximate surface area is 108 Å². The minimum absolute atomic E-state index is 0.0597. The first-order valence-electron chi connectivity index (χ1n) is 5.62. The molecule has 0 fully saturated rings. The van der Waals surface area contributed by atoms with Crippen molar-refractivity contribution in [1.29, 1.82) is 0 Å². The third-order valence-corrected chi connectivity index (χ3v) is 2.79. The Morgan fingerprint density at radius 2 is 2.11 bits per heavy atom. The summed E-state index contributed by atoms with van der Waals surface area (Å²) in [6, 6.07) is 5.21. The molecular weight excluding hydrogens is 248 g/mol. The van der Waals surface area contributed by atoms with Gasteiger partial charge in [0.05, 0.1) is 5.69 Å². The van der Waals surface area contributed by atoms with Gasteiger partial charge in [-0.05, 0) is 25.1 Å². The number of nitrogens with zero attached hydrogens (tertiary/aromatic N) is 2. The molecule has 3 rings (SSSR count). The summed E-state index contributed by atoms with van der Waals surface area (Å²) < 4.78 is 10.5. The number of ether oxygens (including phenoxy) is 2. The number of hydrogen-bond acceptors (Lipinski definition) is 5. The van der Waals surface area contributed by atoms with E-state index >= 15 is 0 Å². The van der Waals surface area contributed by atoms with Crippen LogP contribution in [0, 0.1) is 6.92 Å². The van der Waals surface area contributed by atoms with E-state index in [1.165, 1.54) is 6.20 Å². The van der Waals surface area contributed by atoms with Gasteiger partial charge in [0.1, 0.15) is 11.4 Å². The van der Waals surface area contributed by atoms with E-state index in [1.807, 2.05) is 0 Å². The molecule has 2 aromatic rings. The smallest absolute Gasteiger partial charge is 0.339 e. The number of rotatable bonds is 2. The lowest BCUT2D eigenvalue weighted by atomic mass is 10.1. The van der Waals surface area contributed by atoms with Gasteiger partial charge in [0.25, 0.3) is 0 Å². The molecule has 1 aliphatic heterocycles. The summed E-state index contributed by atoms with van der Waals surface area (Å²) in [5.74, 6) is 0.682. The highest BCUT2D eigenvalue weighted by Crippen LogP contribution is 2.36. The largest absolute Gasteiger partial charge is 0.478 e. The Morgan fingerprint density at radius 3 is 2.89 bits per heavy atom. The van der Waals surface area contributed by atoms with E-state index in [2.05, 4.69) is 9.97 Å². The Kier molecular flexibility index (Phi) is 2.56. The van der Waals surface area contributed by atoms with Crippen molar-refractivity contribution in [1.82, 2.24) is 9.97 Å². The Morgan fingerprint density at radius 1 is 1.32 bits per heavy atom. The first kappa shape index (κ1) is 11.5. The average molecular weight is 258 g/mol. The molecule has 1 aliphatic rings. The maximum atomic E-state index is 11.2. The molecule has 0 bridgehead atoms. The summed E-state index contributed by atoms with van der Waals surface area (Å²) >= 11 is 0. The van der Waals surface area contributed by atoms with Gasteiger partial charge >= 0.3 is 5.97 Å². The van der Waals surface area contributed by atoms with E-state index in [0.717, 1.165) is 0 Å². The Hall–Kier alpha value is -2.63. The summed E-state index contributed by atoms with van der Waals surface area (Å²) in [5.41, 5.74) is 1.09. The minimum Gasteiger partial charge on any atom is -0.478 e. The number of hydrogen-bond donors (Lipinski definition) is 1. The van der Waals surface area contributed by atoms with Crippen LogP contribution in [0.3, 0.4) is 0 Å². The molecule has 6 nitrogen and oxygen atoms in total. The number of carboxylic acid groups (broad SMARTS) is 1. The van der Waals surface area contributed by atoms with Gasteiger partial charge in [0.2, 0.25) is 6.79 Å². The van der Waals surface area contributed by atoms with Crippen LogP contribution in [0.5, 0.6) is 11.5 Å². The fourth-order valence-electron chi connectivity index (χ4n) is 1.89. The highest BCUT2D eigenvalue weighted by atomic mass is 16.7. The molecule has 1 aromatic carbocycles. The number of carbonyl (C=O) groups is 1. The van der Waals surface area contributed by atoms with Crippen LogP contribution in [0.2, 0.25) is 0 Å². The van der Waals surface area contributed by atoms with E-state index in [0.29, 0.717) is 28.6 Å². The van der Waals surface area contributed by atoms with Crippen LogP contribution in [0.15, 0.2) is 24.4 Å². The molecule has 2 heterocycles. The van der Waals surface area contributed by atoms with E-state index in [1.54, 1.807) is 25.1 Å². The lowest BCUT2D eigenvalue weighted by Crippen LogP contribution is -2.04. The second kappa shape index (κ2) is 4.24. The number of aromatic nitrogens is 2. The predicted molar refractivity (Wildman–Crippen MR) is 65.3 cm³/mol. The fourth-order valence-corrected chi connectivity index (χ4v) is 1.89. The van der Waals surface area contributed by atoms with Crippen LogP contribution in [0.1, 0.15) is 16.2 Å². The summed E-state index contributed by atoms with van der Waals surface area (Å²) in [6.45, 7) is 1.88. The molecule has 0 saturated carbocycles. The van der Waals surface area contributed by atoms with Crippen molar-refractivity contribution in [2.75, 3.05) is 6.79 Å².